The Kier molecular flexibility index (Phi) is 6.16. The van der Waals surface area contributed by atoms with E-state index in [0.717, 1.165) is 12.8 Å². The molecule has 78 valence electrons. The van der Waals surface area contributed by atoms with Gasteiger partial charge in [0.05, 0.1) is 0 Å². The third kappa shape index (κ3) is 6.90. The number of hydrogen-bond acceptors (Lipinski definition) is 4. The monoisotopic (exact) mass is 206 g/mol. The second-order valence-corrected chi connectivity index (χ2v) is 3.74. The molecule has 4 heteroatoms. The van der Waals surface area contributed by atoms with Gasteiger partial charge in [0, 0.05) is 12.2 Å². The van der Waals surface area contributed by atoms with E-state index in [1.807, 2.05) is 6.92 Å². The zero-order valence-electron chi connectivity index (χ0n) is 8.25. The Morgan fingerprint density at radius 3 is 2.69 bits per heavy atom. The highest BCUT2D eigenvalue weighted by Crippen LogP contribution is 2.07. The lowest BCUT2D eigenvalue weighted by Crippen LogP contribution is -2.33. The van der Waals surface area contributed by atoms with Crippen LogP contribution in [-0.4, -0.2) is 29.0 Å². The molecule has 0 rings (SSSR count). The molecule has 0 aromatic heterocycles. The fourth-order valence-corrected chi connectivity index (χ4v) is 0.766. The molecule has 1 N–H and O–H groups in total. The topological polar surface area (TPSA) is 46.5 Å². The normalized spacial score (nSPS) is 15.1. The van der Waals surface area contributed by atoms with Crippen LogP contribution in [0.3, 0.4) is 0 Å². The molecule has 1 unspecified atom stereocenters. The maximum Gasteiger partial charge on any atom is 0.305 e. The maximum atomic E-state index is 11.0. The van der Waals surface area contributed by atoms with Crippen LogP contribution in [0.2, 0.25) is 0 Å². The average molecular weight is 206 g/mol. The molecule has 0 radical (unpaired) electrons. The molecule has 0 fully saturated rings. The molecule has 0 aromatic rings. The summed E-state index contributed by atoms with van der Waals surface area (Å²) in [6.45, 7) is 3.63. The van der Waals surface area contributed by atoms with Gasteiger partial charge in [0.15, 0.2) is 0 Å². The first-order valence-corrected chi connectivity index (χ1v) is 5.14. The van der Waals surface area contributed by atoms with Crippen molar-refractivity contribution < 1.29 is 14.6 Å². The van der Waals surface area contributed by atoms with E-state index in [2.05, 4.69) is 12.6 Å². The van der Waals surface area contributed by atoms with Gasteiger partial charge >= 0.3 is 5.97 Å². The number of thiol groups is 1. The molecule has 0 aliphatic rings. The summed E-state index contributed by atoms with van der Waals surface area (Å²) in [5, 5.41) is 9.44. The van der Waals surface area contributed by atoms with Crippen molar-refractivity contribution in [3.05, 3.63) is 0 Å². The summed E-state index contributed by atoms with van der Waals surface area (Å²) < 4.78 is 4.86. The van der Waals surface area contributed by atoms with Gasteiger partial charge in [-0.3, -0.25) is 4.79 Å². The van der Waals surface area contributed by atoms with E-state index in [-0.39, 0.29) is 18.3 Å². The molecule has 1 atom stereocenters. The first kappa shape index (κ1) is 12.8. The van der Waals surface area contributed by atoms with Crippen molar-refractivity contribution in [3.63, 3.8) is 0 Å². The molecule has 0 aromatic carbocycles. The first-order chi connectivity index (χ1) is 6.02. The van der Waals surface area contributed by atoms with Crippen LogP contribution in [-0.2, 0) is 9.53 Å². The SMILES string of the molecule is CCCCC(=O)OCC(C)(O)CS. The largest absolute Gasteiger partial charge is 0.463 e. The van der Waals surface area contributed by atoms with E-state index >= 15 is 0 Å². The highest BCUT2D eigenvalue weighted by Gasteiger charge is 2.20. The van der Waals surface area contributed by atoms with Crippen molar-refractivity contribution >= 4 is 18.6 Å². The highest BCUT2D eigenvalue weighted by molar-refractivity contribution is 7.80. The number of aliphatic hydroxyl groups is 1. The molecule has 0 heterocycles. The lowest BCUT2D eigenvalue weighted by Gasteiger charge is -2.19. The van der Waals surface area contributed by atoms with Crippen LogP contribution in [0.5, 0.6) is 0 Å². The Labute approximate surface area is 84.9 Å². The van der Waals surface area contributed by atoms with E-state index in [4.69, 9.17) is 4.74 Å². The van der Waals surface area contributed by atoms with Gasteiger partial charge in [-0.15, -0.1) is 0 Å². The summed E-state index contributed by atoms with van der Waals surface area (Å²) in [6.07, 6.45) is 2.24. The fraction of sp³-hybridized carbons (Fsp3) is 0.889. The summed E-state index contributed by atoms with van der Waals surface area (Å²) >= 11 is 3.93. The number of hydrogen-bond donors (Lipinski definition) is 2. The first-order valence-electron chi connectivity index (χ1n) is 4.50. The lowest BCUT2D eigenvalue weighted by atomic mass is 10.1. The van der Waals surface area contributed by atoms with Crippen molar-refractivity contribution in [1.29, 1.82) is 0 Å². The summed E-state index contributed by atoms with van der Waals surface area (Å²) in [5.41, 5.74) is -1.01. The van der Waals surface area contributed by atoms with Gasteiger partial charge in [0.2, 0.25) is 0 Å². The molecule has 0 saturated carbocycles. The van der Waals surface area contributed by atoms with Crippen LogP contribution in [0.1, 0.15) is 33.1 Å². The predicted molar refractivity (Wildman–Crippen MR) is 55.0 cm³/mol. The smallest absolute Gasteiger partial charge is 0.305 e. The predicted octanol–water partition coefficient (Wildman–Crippen LogP) is 1.40. The van der Waals surface area contributed by atoms with Crippen LogP contribution in [0, 0.1) is 0 Å². The highest BCUT2D eigenvalue weighted by atomic mass is 32.1. The summed E-state index contributed by atoms with van der Waals surface area (Å²) in [7, 11) is 0. The van der Waals surface area contributed by atoms with Crippen molar-refractivity contribution in [2.24, 2.45) is 0 Å². The number of carbonyl (C=O) groups excluding carboxylic acids is 1. The standard InChI is InChI=1S/C9H18O3S/c1-3-4-5-8(10)12-6-9(2,11)7-13/h11,13H,3-7H2,1-2H3. The second-order valence-electron chi connectivity index (χ2n) is 3.42. The molecule has 0 amide bonds. The van der Waals surface area contributed by atoms with Gasteiger partial charge in [0.25, 0.3) is 0 Å². The van der Waals surface area contributed by atoms with Crippen molar-refractivity contribution in [3.8, 4) is 0 Å². The zero-order chi connectivity index (χ0) is 10.3. The summed E-state index contributed by atoms with van der Waals surface area (Å²) in [5.74, 6) is 0.0394. The number of unbranched alkanes of at least 4 members (excludes halogenated alkanes) is 1. The summed E-state index contributed by atoms with van der Waals surface area (Å²) in [6, 6.07) is 0. The van der Waals surface area contributed by atoms with Crippen LogP contribution >= 0.6 is 12.6 Å². The molecular formula is C9H18O3S. The molecule has 0 bridgehead atoms. The average Bonchev–Trinajstić information content (AvgIpc) is 2.11. The van der Waals surface area contributed by atoms with Crippen LogP contribution in [0.15, 0.2) is 0 Å². The van der Waals surface area contributed by atoms with Crippen LogP contribution in [0.25, 0.3) is 0 Å². The molecular weight excluding hydrogens is 188 g/mol. The number of rotatable bonds is 6. The number of esters is 1. The molecule has 0 aliphatic carbocycles. The molecule has 0 saturated heterocycles. The lowest BCUT2D eigenvalue weighted by molar-refractivity contribution is -0.149. The maximum absolute atomic E-state index is 11.0. The Morgan fingerprint density at radius 1 is 1.62 bits per heavy atom. The van der Waals surface area contributed by atoms with E-state index in [9.17, 15) is 9.90 Å². The minimum absolute atomic E-state index is 0.0268. The van der Waals surface area contributed by atoms with Gasteiger partial charge in [-0.2, -0.15) is 12.6 Å². The molecule has 13 heavy (non-hydrogen) atoms. The van der Waals surface area contributed by atoms with Gasteiger partial charge in [-0.1, -0.05) is 13.3 Å². The third-order valence-corrected chi connectivity index (χ3v) is 2.30. The minimum Gasteiger partial charge on any atom is -0.463 e. The quantitative estimate of drug-likeness (QED) is 0.510. The number of ether oxygens (including phenoxy) is 1. The number of carbonyl (C=O) groups is 1. The fourth-order valence-electron chi connectivity index (χ4n) is 0.675. The van der Waals surface area contributed by atoms with Crippen molar-refractivity contribution in [2.45, 2.75) is 38.7 Å². The van der Waals surface area contributed by atoms with E-state index in [0.29, 0.717) is 6.42 Å². The van der Waals surface area contributed by atoms with Crippen LogP contribution in [0.4, 0.5) is 0 Å². The molecule has 3 nitrogen and oxygen atoms in total. The van der Waals surface area contributed by atoms with Crippen LogP contribution < -0.4 is 0 Å². The minimum atomic E-state index is -1.01. The van der Waals surface area contributed by atoms with Gasteiger partial charge < -0.3 is 9.84 Å². The van der Waals surface area contributed by atoms with Crippen molar-refractivity contribution in [2.75, 3.05) is 12.4 Å². The Hall–Kier alpha value is -0.220. The second kappa shape index (κ2) is 6.27. The Balaban J connectivity index is 3.57. The molecule has 0 aliphatic heterocycles. The van der Waals surface area contributed by atoms with Crippen molar-refractivity contribution in [1.82, 2.24) is 0 Å². The molecule has 0 spiro atoms. The Morgan fingerprint density at radius 2 is 2.23 bits per heavy atom. The van der Waals surface area contributed by atoms with Gasteiger partial charge in [-0.05, 0) is 13.3 Å². The van der Waals surface area contributed by atoms with E-state index in [1.54, 1.807) is 6.92 Å². The van der Waals surface area contributed by atoms with E-state index < -0.39 is 5.60 Å². The van der Waals surface area contributed by atoms with Gasteiger partial charge in [0.1, 0.15) is 12.2 Å². The zero-order valence-corrected chi connectivity index (χ0v) is 9.14. The Bertz CT molecular complexity index is 157. The van der Waals surface area contributed by atoms with E-state index in [1.165, 1.54) is 0 Å². The van der Waals surface area contributed by atoms with Gasteiger partial charge in [-0.25, -0.2) is 0 Å². The third-order valence-electron chi connectivity index (χ3n) is 1.62. The summed E-state index contributed by atoms with van der Waals surface area (Å²) in [4.78, 5) is 11.0.